The fourth-order valence-corrected chi connectivity index (χ4v) is 2.19. The van der Waals surface area contributed by atoms with Crippen LogP contribution in [0, 0.1) is 5.82 Å². The lowest BCUT2D eigenvalue weighted by Crippen LogP contribution is -2.45. The number of benzene rings is 1. The molecule has 1 heterocycles. The van der Waals surface area contributed by atoms with Crippen molar-refractivity contribution >= 4 is 5.97 Å². The van der Waals surface area contributed by atoms with Gasteiger partial charge in [-0.1, -0.05) is 6.07 Å². The van der Waals surface area contributed by atoms with Gasteiger partial charge in [0.05, 0.1) is 0 Å². The van der Waals surface area contributed by atoms with E-state index in [9.17, 15) is 9.18 Å². The van der Waals surface area contributed by atoms with Crippen LogP contribution in [0.1, 0.15) is 10.4 Å². The summed E-state index contributed by atoms with van der Waals surface area (Å²) >= 11 is 0. The first-order valence-corrected chi connectivity index (χ1v) is 6.63. The van der Waals surface area contributed by atoms with Crippen LogP contribution in [0.25, 0.3) is 0 Å². The zero-order chi connectivity index (χ0) is 14.5. The number of halogens is 1. The molecular formula is C14H19FN2O3. The van der Waals surface area contributed by atoms with Crippen molar-refractivity contribution in [2.45, 2.75) is 0 Å². The molecular weight excluding hydrogens is 263 g/mol. The zero-order valence-electron chi connectivity index (χ0n) is 11.5. The van der Waals surface area contributed by atoms with Crippen molar-refractivity contribution in [2.24, 2.45) is 0 Å². The van der Waals surface area contributed by atoms with Gasteiger partial charge >= 0.3 is 5.97 Å². The molecule has 20 heavy (non-hydrogen) atoms. The number of rotatable bonds is 5. The van der Waals surface area contributed by atoms with Crippen molar-refractivity contribution in [1.29, 1.82) is 0 Å². The minimum atomic E-state index is -1.31. The Kier molecular flexibility index (Phi) is 4.92. The van der Waals surface area contributed by atoms with E-state index in [2.05, 4.69) is 16.8 Å². The van der Waals surface area contributed by atoms with Crippen molar-refractivity contribution in [1.82, 2.24) is 9.80 Å². The minimum Gasteiger partial charge on any atom is -0.491 e. The smallest absolute Gasteiger partial charge is 0.342 e. The number of aromatic carboxylic acids is 1. The molecule has 1 saturated heterocycles. The van der Waals surface area contributed by atoms with Crippen molar-refractivity contribution in [3.63, 3.8) is 0 Å². The Labute approximate surface area is 117 Å². The molecule has 0 saturated carbocycles. The number of carboxylic acid groups (broad SMARTS) is 1. The minimum absolute atomic E-state index is 0.0895. The van der Waals surface area contributed by atoms with Crippen LogP contribution in [0.15, 0.2) is 18.2 Å². The standard InChI is InChI=1S/C14H19FN2O3/c1-16-5-7-17(8-6-16)9-10-20-12-4-2-3-11(15)13(12)14(18)19/h2-4H,5-10H2,1H3,(H,18,19). The van der Waals surface area contributed by atoms with Gasteiger partial charge in [0.2, 0.25) is 0 Å². The molecule has 1 aliphatic heterocycles. The van der Waals surface area contributed by atoms with Gasteiger partial charge in [0.15, 0.2) is 0 Å². The predicted octanol–water partition coefficient (Wildman–Crippen LogP) is 1.15. The van der Waals surface area contributed by atoms with Crippen LogP contribution in [-0.4, -0.2) is 67.3 Å². The summed E-state index contributed by atoms with van der Waals surface area (Å²) in [5.74, 6) is -1.99. The Morgan fingerprint density at radius 3 is 2.70 bits per heavy atom. The second-order valence-electron chi connectivity index (χ2n) is 4.91. The van der Waals surface area contributed by atoms with Crippen LogP contribution < -0.4 is 4.74 Å². The van der Waals surface area contributed by atoms with Crippen molar-refractivity contribution in [3.05, 3.63) is 29.6 Å². The normalized spacial score (nSPS) is 17.1. The average Bonchev–Trinajstić information content (AvgIpc) is 2.40. The summed E-state index contributed by atoms with van der Waals surface area (Å²) in [6, 6.07) is 4.06. The lowest BCUT2D eigenvalue weighted by Gasteiger charge is -2.32. The van der Waals surface area contributed by atoms with E-state index in [1.807, 2.05) is 0 Å². The van der Waals surface area contributed by atoms with Crippen LogP contribution in [0.4, 0.5) is 4.39 Å². The van der Waals surface area contributed by atoms with Gasteiger partial charge in [0.1, 0.15) is 23.7 Å². The molecule has 0 atom stereocenters. The summed E-state index contributed by atoms with van der Waals surface area (Å²) < 4.78 is 18.9. The van der Waals surface area contributed by atoms with E-state index in [-0.39, 0.29) is 5.75 Å². The molecule has 0 aromatic heterocycles. The maximum absolute atomic E-state index is 13.4. The first-order valence-electron chi connectivity index (χ1n) is 6.63. The van der Waals surface area contributed by atoms with E-state index in [4.69, 9.17) is 9.84 Å². The Morgan fingerprint density at radius 2 is 2.05 bits per heavy atom. The van der Waals surface area contributed by atoms with Crippen LogP contribution in [0.5, 0.6) is 5.75 Å². The molecule has 1 aliphatic rings. The summed E-state index contributed by atoms with van der Waals surface area (Å²) in [6.07, 6.45) is 0. The number of carboxylic acids is 1. The Balaban J connectivity index is 1.88. The molecule has 1 N–H and O–H groups in total. The van der Waals surface area contributed by atoms with Gasteiger partial charge in [0.25, 0.3) is 0 Å². The molecule has 1 fully saturated rings. The summed E-state index contributed by atoms with van der Waals surface area (Å²) in [7, 11) is 2.08. The number of hydrogen-bond acceptors (Lipinski definition) is 4. The third-order valence-electron chi connectivity index (χ3n) is 3.45. The first-order chi connectivity index (χ1) is 9.58. The second kappa shape index (κ2) is 6.67. The molecule has 5 nitrogen and oxygen atoms in total. The van der Waals surface area contributed by atoms with Crippen molar-refractivity contribution in [3.8, 4) is 5.75 Å². The van der Waals surface area contributed by atoms with Crippen molar-refractivity contribution < 1.29 is 19.0 Å². The van der Waals surface area contributed by atoms with Gasteiger partial charge in [-0.25, -0.2) is 9.18 Å². The Bertz CT molecular complexity index is 473. The number of nitrogens with zero attached hydrogens (tertiary/aromatic N) is 2. The molecule has 1 aromatic rings. The summed E-state index contributed by atoms with van der Waals surface area (Å²) in [5.41, 5.74) is -0.397. The zero-order valence-corrected chi connectivity index (χ0v) is 11.5. The Morgan fingerprint density at radius 1 is 1.35 bits per heavy atom. The number of ether oxygens (including phenoxy) is 1. The van der Waals surface area contributed by atoms with Crippen LogP contribution in [-0.2, 0) is 0 Å². The molecule has 110 valence electrons. The highest BCUT2D eigenvalue weighted by Crippen LogP contribution is 2.21. The van der Waals surface area contributed by atoms with E-state index in [1.165, 1.54) is 12.1 Å². The molecule has 0 bridgehead atoms. The molecule has 0 unspecified atom stereocenters. The van der Waals surface area contributed by atoms with Crippen molar-refractivity contribution in [2.75, 3.05) is 46.4 Å². The molecule has 1 aromatic carbocycles. The molecule has 0 radical (unpaired) electrons. The van der Waals surface area contributed by atoms with E-state index in [0.717, 1.165) is 32.2 Å². The lowest BCUT2D eigenvalue weighted by molar-refractivity contribution is 0.0685. The van der Waals surface area contributed by atoms with Gasteiger partial charge in [0, 0.05) is 32.7 Å². The summed E-state index contributed by atoms with van der Waals surface area (Å²) in [4.78, 5) is 15.5. The van der Waals surface area contributed by atoms with Crippen LogP contribution in [0.3, 0.4) is 0 Å². The highest BCUT2D eigenvalue weighted by Gasteiger charge is 2.18. The van der Waals surface area contributed by atoms with E-state index in [1.54, 1.807) is 0 Å². The number of carbonyl (C=O) groups is 1. The highest BCUT2D eigenvalue weighted by molar-refractivity contribution is 5.91. The maximum Gasteiger partial charge on any atom is 0.342 e. The second-order valence-corrected chi connectivity index (χ2v) is 4.91. The van der Waals surface area contributed by atoms with Gasteiger partial charge in [-0.05, 0) is 19.2 Å². The predicted molar refractivity (Wildman–Crippen MR) is 72.8 cm³/mol. The maximum atomic E-state index is 13.4. The van der Waals surface area contributed by atoms with E-state index < -0.39 is 17.3 Å². The molecule has 2 rings (SSSR count). The van der Waals surface area contributed by atoms with Gasteiger partial charge in [-0.2, -0.15) is 0 Å². The average molecular weight is 282 g/mol. The molecule has 0 amide bonds. The third-order valence-corrected chi connectivity index (χ3v) is 3.45. The largest absolute Gasteiger partial charge is 0.491 e. The monoisotopic (exact) mass is 282 g/mol. The highest BCUT2D eigenvalue weighted by atomic mass is 19.1. The SMILES string of the molecule is CN1CCN(CCOc2cccc(F)c2C(=O)O)CC1. The van der Waals surface area contributed by atoms with E-state index in [0.29, 0.717) is 13.2 Å². The van der Waals surface area contributed by atoms with Crippen LogP contribution in [0.2, 0.25) is 0 Å². The fourth-order valence-electron chi connectivity index (χ4n) is 2.19. The lowest BCUT2D eigenvalue weighted by atomic mass is 10.2. The molecule has 6 heteroatoms. The molecule has 0 aliphatic carbocycles. The quantitative estimate of drug-likeness (QED) is 0.878. The summed E-state index contributed by atoms with van der Waals surface area (Å²) in [6.45, 7) is 5.03. The number of likely N-dealkylation sites (N-methyl/N-ethyl adjacent to an activating group) is 1. The first kappa shape index (κ1) is 14.7. The van der Waals surface area contributed by atoms with Gasteiger partial charge < -0.3 is 14.7 Å². The van der Waals surface area contributed by atoms with E-state index >= 15 is 0 Å². The topological polar surface area (TPSA) is 53.0 Å². The third kappa shape index (κ3) is 3.68. The van der Waals surface area contributed by atoms with Gasteiger partial charge in [-0.3, -0.25) is 4.90 Å². The van der Waals surface area contributed by atoms with Gasteiger partial charge in [-0.15, -0.1) is 0 Å². The number of piperazine rings is 1. The number of hydrogen-bond donors (Lipinski definition) is 1. The molecule has 0 spiro atoms. The Hall–Kier alpha value is -1.66. The van der Waals surface area contributed by atoms with Crippen LogP contribution >= 0.6 is 0 Å². The summed E-state index contributed by atoms with van der Waals surface area (Å²) in [5, 5.41) is 8.99. The fraction of sp³-hybridized carbons (Fsp3) is 0.500.